The maximum absolute atomic E-state index is 6.11. The van der Waals surface area contributed by atoms with Gasteiger partial charge in [-0.25, -0.2) is 4.99 Å². The van der Waals surface area contributed by atoms with E-state index in [4.69, 9.17) is 16.3 Å². The van der Waals surface area contributed by atoms with Crippen molar-refractivity contribution < 1.29 is 4.74 Å². The Morgan fingerprint density at radius 1 is 1.36 bits per heavy atom. The van der Waals surface area contributed by atoms with Gasteiger partial charge in [-0.05, 0) is 44.9 Å². The summed E-state index contributed by atoms with van der Waals surface area (Å²) in [4.78, 5) is 4.67. The van der Waals surface area contributed by atoms with Crippen LogP contribution in [0.15, 0.2) is 29.3 Å². The van der Waals surface area contributed by atoms with E-state index in [1.807, 2.05) is 49.7 Å². The van der Waals surface area contributed by atoms with Gasteiger partial charge in [0.1, 0.15) is 12.4 Å². The first kappa shape index (κ1) is 24.6. The molecule has 1 atom stereocenters. The summed E-state index contributed by atoms with van der Waals surface area (Å²) in [7, 11) is 1.94. The average molecular weight is 521 g/mol. The molecule has 0 saturated carbocycles. The molecule has 2 N–H and O–H groups in total. The van der Waals surface area contributed by atoms with Crippen molar-refractivity contribution in [2.75, 3.05) is 19.8 Å². The molecule has 0 saturated heterocycles. The van der Waals surface area contributed by atoms with E-state index in [0.717, 1.165) is 54.4 Å². The maximum atomic E-state index is 6.11. The first-order chi connectivity index (χ1) is 13.0. The Kier molecular flexibility index (Phi) is 11.4. The van der Waals surface area contributed by atoms with Crippen molar-refractivity contribution in [1.82, 2.24) is 25.4 Å². The smallest absolute Gasteiger partial charge is 0.192 e. The van der Waals surface area contributed by atoms with Crippen LogP contribution in [0.3, 0.4) is 0 Å². The first-order valence-electron chi connectivity index (χ1n) is 9.24. The number of hydrogen-bond donors (Lipinski definition) is 2. The Morgan fingerprint density at radius 2 is 2.14 bits per heavy atom. The quantitative estimate of drug-likeness (QED) is 0.229. The second-order valence-electron chi connectivity index (χ2n) is 6.29. The molecule has 2 aromatic rings. The Bertz CT molecular complexity index is 752. The van der Waals surface area contributed by atoms with E-state index in [1.165, 1.54) is 0 Å². The van der Waals surface area contributed by atoms with Gasteiger partial charge < -0.3 is 19.9 Å². The lowest BCUT2D eigenvalue weighted by molar-refractivity contribution is 0.145. The summed E-state index contributed by atoms with van der Waals surface area (Å²) in [6, 6.07) is 7.88. The highest BCUT2D eigenvalue weighted by molar-refractivity contribution is 14.0. The highest BCUT2D eigenvalue weighted by atomic mass is 127. The van der Waals surface area contributed by atoms with Gasteiger partial charge in [0.15, 0.2) is 11.8 Å². The fourth-order valence-electron chi connectivity index (χ4n) is 2.48. The molecule has 1 heterocycles. The van der Waals surface area contributed by atoms with E-state index >= 15 is 0 Å². The van der Waals surface area contributed by atoms with Crippen LogP contribution in [0.25, 0.3) is 0 Å². The number of aromatic nitrogens is 3. The predicted octanol–water partition coefficient (Wildman–Crippen LogP) is 3.62. The molecule has 0 aliphatic rings. The Hall–Kier alpha value is -1.39. The van der Waals surface area contributed by atoms with Gasteiger partial charge in [-0.3, -0.25) is 0 Å². The van der Waals surface area contributed by atoms with Crippen molar-refractivity contribution in [3.05, 3.63) is 46.5 Å². The summed E-state index contributed by atoms with van der Waals surface area (Å²) in [6.45, 7) is 8.67. The molecular weight excluding hydrogens is 491 g/mol. The second kappa shape index (κ2) is 12.9. The number of aryl methyl sites for hydroxylation is 1. The van der Waals surface area contributed by atoms with Crippen molar-refractivity contribution in [2.24, 2.45) is 12.0 Å². The minimum absolute atomic E-state index is 0. The lowest BCUT2D eigenvalue weighted by Gasteiger charge is -2.19. The summed E-state index contributed by atoms with van der Waals surface area (Å²) in [5.41, 5.74) is 1.10. The summed E-state index contributed by atoms with van der Waals surface area (Å²) in [6.07, 6.45) is 0.906. The van der Waals surface area contributed by atoms with Crippen molar-refractivity contribution in [2.45, 2.75) is 39.8 Å². The third-order valence-corrected chi connectivity index (χ3v) is 4.46. The molecular formula is C19H30ClIN6O. The normalized spacial score (nSPS) is 12.4. The predicted molar refractivity (Wildman–Crippen MR) is 124 cm³/mol. The van der Waals surface area contributed by atoms with E-state index in [1.54, 1.807) is 0 Å². The highest BCUT2D eigenvalue weighted by Crippen LogP contribution is 2.17. The molecule has 28 heavy (non-hydrogen) atoms. The van der Waals surface area contributed by atoms with Crippen LogP contribution in [0, 0.1) is 6.92 Å². The maximum Gasteiger partial charge on any atom is 0.192 e. The number of rotatable bonds is 9. The zero-order valence-electron chi connectivity index (χ0n) is 16.9. The molecule has 1 unspecified atom stereocenters. The first-order valence-corrected chi connectivity index (χ1v) is 9.62. The van der Waals surface area contributed by atoms with Gasteiger partial charge in [-0.1, -0.05) is 23.7 Å². The number of hydrogen-bond acceptors (Lipinski definition) is 4. The summed E-state index contributed by atoms with van der Waals surface area (Å²) < 4.78 is 7.33. The van der Waals surface area contributed by atoms with Crippen molar-refractivity contribution in [3.63, 3.8) is 0 Å². The van der Waals surface area contributed by atoms with Gasteiger partial charge in [-0.15, -0.1) is 34.2 Å². The number of halogens is 2. The topological polar surface area (TPSA) is 76.4 Å². The molecule has 1 aromatic heterocycles. The monoisotopic (exact) mass is 520 g/mol. The highest BCUT2D eigenvalue weighted by Gasteiger charge is 2.10. The van der Waals surface area contributed by atoms with Crippen LogP contribution in [0.1, 0.15) is 43.5 Å². The van der Waals surface area contributed by atoms with E-state index in [-0.39, 0.29) is 30.0 Å². The van der Waals surface area contributed by atoms with Crippen molar-refractivity contribution in [3.8, 4) is 0 Å². The van der Waals surface area contributed by atoms with Crippen molar-refractivity contribution >= 4 is 41.5 Å². The lowest BCUT2D eigenvalue weighted by Crippen LogP contribution is -2.39. The van der Waals surface area contributed by atoms with Crippen LogP contribution >= 0.6 is 35.6 Å². The van der Waals surface area contributed by atoms with Crippen LogP contribution in [0.2, 0.25) is 5.02 Å². The van der Waals surface area contributed by atoms with E-state index in [0.29, 0.717) is 6.54 Å². The molecule has 2 rings (SSSR count). The van der Waals surface area contributed by atoms with Gasteiger partial charge >= 0.3 is 0 Å². The van der Waals surface area contributed by atoms with E-state index in [2.05, 4.69) is 32.7 Å². The fraction of sp³-hybridized carbons (Fsp3) is 0.526. The number of benzene rings is 1. The van der Waals surface area contributed by atoms with Crippen LogP contribution in [0.5, 0.6) is 0 Å². The van der Waals surface area contributed by atoms with Gasteiger partial charge in [0.2, 0.25) is 0 Å². The van der Waals surface area contributed by atoms with E-state index < -0.39 is 0 Å². The molecule has 0 spiro atoms. The molecule has 0 bridgehead atoms. The van der Waals surface area contributed by atoms with Gasteiger partial charge in [0.25, 0.3) is 0 Å². The largest absolute Gasteiger partial charge is 0.382 e. The number of nitrogens with one attached hydrogen (secondary N) is 2. The minimum Gasteiger partial charge on any atom is -0.382 e. The van der Waals surface area contributed by atoms with Gasteiger partial charge in [0, 0.05) is 31.8 Å². The zero-order valence-corrected chi connectivity index (χ0v) is 20.0. The SMILES string of the molecule is CCOCCCNC(=NCc1nnc(C)n1C)NC(C)c1cccc(Cl)c1.I. The number of guanidine groups is 1. The third-order valence-electron chi connectivity index (χ3n) is 4.23. The van der Waals surface area contributed by atoms with E-state index in [9.17, 15) is 0 Å². The minimum atomic E-state index is 0. The molecule has 0 aliphatic heterocycles. The lowest BCUT2D eigenvalue weighted by atomic mass is 10.1. The number of ether oxygens (including phenoxy) is 1. The third kappa shape index (κ3) is 7.92. The van der Waals surface area contributed by atoms with Crippen LogP contribution < -0.4 is 10.6 Å². The summed E-state index contributed by atoms with van der Waals surface area (Å²) in [5, 5.41) is 15.8. The molecule has 0 aliphatic carbocycles. The molecule has 0 fully saturated rings. The summed E-state index contributed by atoms with van der Waals surface area (Å²) >= 11 is 6.11. The Balaban J connectivity index is 0.00000392. The number of aliphatic imine (C=N–C) groups is 1. The molecule has 1 aromatic carbocycles. The molecule has 0 amide bonds. The average Bonchev–Trinajstić information content (AvgIpc) is 2.97. The number of nitrogens with zero attached hydrogens (tertiary/aromatic N) is 4. The van der Waals surface area contributed by atoms with Crippen LogP contribution in [-0.2, 0) is 18.3 Å². The molecule has 0 radical (unpaired) electrons. The van der Waals surface area contributed by atoms with Crippen LogP contribution in [-0.4, -0.2) is 40.5 Å². The zero-order chi connectivity index (χ0) is 19.6. The van der Waals surface area contributed by atoms with Gasteiger partial charge in [0.05, 0.1) is 6.04 Å². The van der Waals surface area contributed by atoms with Crippen molar-refractivity contribution in [1.29, 1.82) is 0 Å². The van der Waals surface area contributed by atoms with Gasteiger partial charge in [-0.2, -0.15) is 0 Å². The Morgan fingerprint density at radius 3 is 2.79 bits per heavy atom. The Labute approximate surface area is 189 Å². The fourth-order valence-corrected chi connectivity index (χ4v) is 2.68. The second-order valence-corrected chi connectivity index (χ2v) is 6.72. The standard InChI is InChI=1S/C19H29ClN6O.HI/c1-5-27-11-7-10-21-19(22-13-18-25-24-15(3)26(18)4)23-14(2)16-8-6-9-17(20)12-16;/h6,8-9,12,14H,5,7,10-11,13H2,1-4H3,(H2,21,22,23);1H. The molecule has 7 nitrogen and oxygen atoms in total. The molecule has 9 heteroatoms. The molecule has 156 valence electrons. The van der Waals surface area contributed by atoms with Crippen LogP contribution in [0.4, 0.5) is 0 Å². The summed E-state index contributed by atoms with van der Waals surface area (Å²) in [5.74, 6) is 2.41.